The number of carbonyl (C=O) groups is 1. The van der Waals surface area contributed by atoms with Crippen LogP contribution in [0, 0.1) is 5.92 Å². The van der Waals surface area contributed by atoms with E-state index in [1.165, 1.54) is 0 Å². The highest BCUT2D eigenvalue weighted by molar-refractivity contribution is 9.10. The van der Waals surface area contributed by atoms with Crippen molar-refractivity contribution in [2.75, 3.05) is 20.3 Å². The molecule has 18 heavy (non-hydrogen) atoms. The summed E-state index contributed by atoms with van der Waals surface area (Å²) in [5.74, 6) is 1.08. The number of methoxy groups -OCH3 is 1. The number of ketones is 1. The zero-order valence-corrected chi connectivity index (χ0v) is 12.0. The number of hydrogen-bond donors (Lipinski definition) is 0. The number of hydrogen-bond acceptors (Lipinski definition) is 3. The van der Waals surface area contributed by atoms with E-state index in [1.807, 2.05) is 18.2 Å². The number of rotatable bonds is 4. The lowest BCUT2D eigenvalue weighted by atomic mass is 9.93. The maximum absolute atomic E-state index is 12.2. The van der Waals surface area contributed by atoms with Crippen molar-refractivity contribution >= 4 is 21.7 Å². The molecule has 0 aliphatic carbocycles. The minimum absolute atomic E-state index is 0.0526. The standard InChI is InChI=1S/C14H17BrO3/c1-17-12-4-5-13(15)11(7-12)8-14(16)10-3-2-6-18-9-10/h4-5,7,10H,2-3,6,8-9H2,1H3. The van der Waals surface area contributed by atoms with Gasteiger partial charge in [-0.15, -0.1) is 0 Å². The highest BCUT2D eigenvalue weighted by Gasteiger charge is 2.22. The highest BCUT2D eigenvalue weighted by Crippen LogP contribution is 2.25. The summed E-state index contributed by atoms with van der Waals surface area (Å²) in [7, 11) is 1.63. The maximum Gasteiger partial charge on any atom is 0.142 e. The van der Waals surface area contributed by atoms with Crippen LogP contribution < -0.4 is 4.74 Å². The van der Waals surface area contributed by atoms with Gasteiger partial charge in [0.1, 0.15) is 11.5 Å². The third-order valence-electron chi connectivity index (χ3n) is 3.23. The second-order valence-corrected chi connectivity index (χ2v) is 5.37. The molecule has 3 nitrogen and oxygen atoms in total. The molecule has 0 bridgehead atoms. The molecule has 1 aliphatic heterocycles. The molecule has 0 spiro atoms. The minimum Gasteiger partial charge on any atom is -0.497 e. The van der Waals surface area contributed by atoms with E-state index in [1.54, 1.807) is 7.11 Å². The molecule has 0 radical (unpaired) electrons. The average molecular weight is 313 g/mol. The van der Waals surface area contributed by atoms with E-state index in [2.05, 4.69) is 15.9 Å². The van der Waals surface area contributed by atoms with Crippen LogP contribution >= 0.6 is 15.9 Å². The van der Waals surface area contributed by atoms with Crippen LogP contribution in [0.4, 0.5) is 0 Å². The third-order valence-corrected chi connectivity index (χ3v) is 4.01. The van der Waals surface area contributed by atoms with Crippen LogP contribution in [0.2, 0.25) is 0 Å². The van der Waals surface area contributed by atoms with Gasteiger partial charge in [0.05, 0.1) is 13.7 Å². The third kappa shape index (κ3) is 3.33. The van der Waals surface area contributed by atoms with E-state index in [-0.39, 0.29) is 11.7 Å². The van der Waals surface area contributed by atoms with Crippen molar-refractivity contribution in [1.29, 1.82) is 0 Å². The summed E-state index contributed by atoms with van der Waals surface area (Å²) in [6.45, 7) is 1.35. The number of benzene rings is 1. The molecule has 1 fully saturated rings. The Morgan fingerprint density at radius 2 is 2.39 bits per heavy atom. The Balaban J connectivity index is 2.05. The van der Waals surface area contributed by atoms with Crippen LogP contribution in [0.1, 0.15) is 18.4 Å². The Labute approximate surface area is 116 Å². The first-order chi connectivity index (χ1) is 8.70. The summed E-state index contributed by atoms with van der Waals surface area (Å²) in [6, 6.07) is 5.70. The zero-order chi connectivity index (χ0) is 13.0. The predicted octanol–water partition coefficient (Wildman–Crippen LogP) is 3.00. The second-order valence-electron chi connectivity index (χ2n) is 4.51. The fourth-order valence-electron chi connectivity index (χ4n) is 2.14. The lowest BCUT2D eigenvalue weighted by Gasteiger charge is -2.21. The van der Waals surface area contributed by atoms with Gasteiger partial charge in [0, 0.05) is 23.4 Å². The fraction of sp³-hybridized carbons (Fsp3) is 0.500. The highest BCUT2D eigenvalue weighted by atomic mass is 79.9. The molecule has 0 saturated carbocycles. The van der Waals surface area contributed by atoms with Gasteiger partial charge in [0.2, 0.25) is 0 Å². The number of halogens is 1. The van der Waals surface area contributed by atoms with E-state index >= 15 is 0 Å². The largest absolute Gasteiger partial charge is 0.497 e. The van der Waals surface area contributed by atoms with Gasteiger partial charge in [-0.05, 0) is 36.6 Å². The molecular formula is C14H17BrO3. The molecule has 1 heterocycles. The lowest BCUT2D eigenvalue weighted by Crippen LogP contribution is -2.26. The molecule has 98 valence electrons. The number of carbonyl (C=O) groups excluding carboxylic acids is 1. The van der Waals surface area contributed by atoms with Crippen molar-refractivity contribution in [3.05, 3.63) is 28.2 Å². The topological polar surface area (TPSA) is 35.5 Å². The van der Waals surface area contributed by atoms with Crippen molar-refractivity contribution in [2.24, 2.45) is 5.92 Å². The van der Waals surface area contributed by atoms with Crippen molar-refractivity contribution in [1.82, 2.24) is 0 Å². The van der Waals surface area contributed by atoms with Gasteiger partial charge in [0.25, 0.3) is 0 Å². The lowest BCUT2D eigenvalue weighted by molar-refractivity contribution is -0.126. The molecule has 0 aromatic heterocycles. The van der Waals surface area contributed by atoms with Crippen molar-refractivity contribution in [3.63, 3.8) is 0 Å². The first-order valence-corrected chi connectivity index (χ1v) is 6.93. The molecule has 4 heteroatoms. The maximum atomic E-state index is 12.2. The van der Waals surface area contributed by atoms with Crippen molar-refractivity contribution in [3.8, 4) is 5.75 Å². The van der Waals surface area contributed by atoms with Gasteiger partial charge in [-0.2, -0.15) is 0 Å². The quantitative estimate of drug-likeness (QED) is 0.857. The Morgan fingerprint density at radius 1 is 1.56 bits per heavy atom. The molecule has 0 N–H and O–H groups in total. The Hall–Kier alpha value is -0.870. The van der Waals surface area contributed by atoms with Crippen molar-refractivity contribution in [2.45, 2.75) is 19.3 Å². The summed E-state index contributed by atoms with van der Waals surface area (Å²) in [5, 5.41) is 0. The molecule has 2 rings (SSSR count). The van der Waals surface area contributed by atoms with Gasteiger partial charge in [0.15, 0.2) is 0 Å². The average Bonchev–Trinajstić information content (AvgIpc) is 2.42. The Kier molecular flexibility index (Phi) is 4.78. The molecule has 1 aromatic rings. The van der Waals surface area contributed by atoms with Gasteiger partial charge in [-0.25, -0.2) is 0 Å². The van der Waals surface area contributed by atoms with Crippen LogP contribution in [-0.4, -0.2) is 26.1 Å². The summed E-state index contributed by atoms with van der Waals surface area (Å²) < 4.78 is 11.5. The van der Waals surface area contributed by atoms with Crippen LogP contribution in [0.3, 0.4) is 0 Å². The number of Topliss-reactive ketones (excluding diaryl/α,β-unsaturated/α-hetero) is 1. The van der Waals surface area contributed by atoms with E-state index in [0.29, 0.717) is 13.0 Å². The molecular weight excluding hydrogens is 296 g/mol. The Morgan fingerprint density at radius 3 is 3.06 bits per heavy atom. The monoisotopic (exact) mass is 312 g/mol. The molecule has 1 aliphatic rings. The number of ether oxygens (including phenoxy) is 2. The van der Waals surface area contributed by atoms with Crippen LogP contribution in [0.25, 0.3) is 0 Å². The fourth-order valence-corrected chi connectivity index (χ4v) is 2.53. The Bertz CT molecular complexity index is 425. The molecule has 0 amide bonds. The van der Waals surface area contributed by atoms with E-state index < -0.39 is 0 Å². The van der Waals surface area contributed by atoms with Crippen LogP contribution in [0.5, 0.6) is 5.75 Å². The van der Waals surface area contributed by atoms with Gasteiger partial charge in [-0.3, -0.25) is 4.79 Å². The predicted molar refractivity (Wildman–Crippen MR) is 72.9 cm³/mol. The summed E-state index contributed by atoms with van der Waals surface area (Å²) in [6.07, 6.45) is 2.36. The van der Waals surface area contributed by atoms with Gasteiger partial charge >= 0.3 is 0 Å². The second kappa shape index (κ2) is 6.34. The minimum atomic E-state index is 0.0526. The van der Waals surface area contributed by atoms with Crippen molar-refractivity contribution < 1.29 is 14.3 Å². The van der Waals surface area contributed by atoms with E-state index in [4.69, 9.17) is 9.47 Å². The van der Waals surface area contributed by atoms with Crippen LogP contribution in [0.15, 0.2) is 22.7 Å². The van der Waals surface area contributed by atoms with E-state index in [9.17, 15) is 4.79 Å². The van der Waals surface area contributed by atoms with E-state index in [0.717, 1.165) is 35.2 Å². The SMILES string of the molecule is COc1ccc(Br)c(CC(=O)C2CCCOC2)c1. The summed E-state index contributed by atoms with van der Waals surface area (Å²) >= 11 is 3.47. The van der Waals surface area contributed by atoms with Gasteiger partial charge in [-0.1, -0.05) is 15.9 Å². The van der Waals surface area contributed by atoms with Gasteiger partial charge < -0.3 is 9.47 Å². The first-order valence-electron chi connectivity index (χ1n) is 6.13. The molecule has 1 aromatic carbocycles. The summed E-state index contributed by atoms with van der Waals surface area (Å²) in [4.78, 5) is 12.2. The first kappa shape index (κ1) is 13.6. The van der Waals surface area contributed by atoms with Crippen LogP contribution in [-0.2, 0) is 16.0 Å². The molecule has 1 unspecified atom stereocenters. The molecule has 1 saturated heterocycles. The zero-order valence-electron chi connectivity index (χ0n) is 10.4. The summed E-state index contributed by atoms with van der Waals surface area (Å²) in [5.41, 5.74) is 0.977. The normalized spacial score (nSPS) is 19.6. The smallest absolute Gasteiger partial charge is 0.142 e. The molecule has 1 atom stereocenters.